The summed E-state index contributed by atoms with van der Waals surface area (Å²) in [5, 5.41) is 17.0. The van der Waals surface area contributed by atoms with Crippen molar-refractivity contribution in [3.8, 4) is 0 Å². The van der Waals surface area contributed by atoms with Crippen molar-refractivity contribution in [1.82, 2.24) is 5.32 Å². The zero-order valence-electron chi connectivity index (χ0n) is 18.3. The van der Waals surface area contributed by atoms with E-state index in [4.69, 9.17) is 0 Å². The van der Waals surface area contributed by atoms with Gasteiger partial charge >= 0.3 is 6.03 Å². The second-order valence-corrected chi connectivity index (χ2v) is 9.19. The molecule has 1 aliphatic heterocycles. The maximum absolute atomic E-state index is 12.5. The van der Waals surface area contributed by atoms with Crippen molar-refractivity contribution in [1.29, 1.82) is 0 Å². The highest BCUT2D eigenvalue weighted by atomic mass is 16.4. The molecule has 6 heteroatoms. The Balaban J connectivity index is 1.82. The lowest BCUT2D eigenvalue weighted by molar-refractivity contribution is -0.879. The van der Waals surface area contributed by atoms with Crippen molar-refractivity contribution < 1.29 is 19.2 Å². The second kappa shape index (κ2) is 10.6. The van der Waals surface area contributed by atoms with Gasteiger partial charge in [-0.2, -0.15) is 0 Å². The lowest BCUT2D eigenvalue weighted by Gasteiger charge is -2.31. The Hall–Kier alpha value is -2.08. The first-order valence-electron chi connectivity index (χ1n) is 10.9. The van der Waals surface area contributed by atoms with E-state index < -0.39 is 11.5 Å². The fourth-order valence-corrected chi connectivity index (χ4v) is 4.33. The molecule has 2 amide bonds. The predicted octanol–water partition coefficient (Wildman–Crippen LogP) is 3.07. The van der Waals surface area contributed by atoms with Gasteiger partial charge in [0.15, 0.2) is 0 Å². The van der Waals surface area contributed by atoms with Gasteiger partial charge in [-0.05, 0) is 30.5 Å². The highest BCUT2D eigenvalue weighted by molar-refractivity contribution is 5.90. The third-order valence-corrected chi connectivity index (χ3v) is 5.82. The molecular formula is C23H37N3O3. The number of carboxylic acids is 1. The number of anilines is 1. The first-order valence-corrected chi connectivity index (χ1v) is 10.9. The number of likely N-dealkylation sites (N-methyl/N-ethyl adjacent to an activating group) is 1. The maximum Gasteiger partial charge on any atom is 0.319 e. The molecule has 0 radical (unpaired) electrons. The molecule has 162 valence electrons. The highest BCUT2D eigenvalue weighted by Gasteiger charge is 2.45. The molecule has 1 saturated heterocycles. The molecule has 2 N–H and O–H groups in total. The number of amides is 2. The van der Waals surface area contributed by atoms with Crippen LogP contribution in [0.4, 0.5) is 10.5 Å². The van der Waals surface area contributed by atoms with E-state index in [2.05, 4.69) is 17.6 Å². The zero-order chi connectivity index (χ0) is 21.3. The van der Waals surface area contributed by atoms with Gasteiger partial charge in [0.25, 0.3) is 0 Å². The van der Waals surface area contributed by atoms with Crippen molar-refractivity contribution in [3.63, 3.8) is 0 Å². The van der Waals surface area contributed by atoms with Gasteiger partial charge in [-0.1, -0.05) is 51.2 Å². The number of urea groups is 1. The first kappa shape index (κ1) is 23.2. The molecule has 0 spiro atoms. The third-order valence-electron chi connectivity index (χ3n) is 5.82. The topological polar surface area (TPSA) is 81.3 Å². The van der Waals surface area contributed by atoms with Gasteiger partial charge in [0.2, 0.25) is 0 Å². The number of carboxylic acid groups (broad SMARTS) is 1. The van der Waals surface area contributed by atoms with E-state index in [-0.39, 0.29) is 12.5 Å². The zero-order valence-corrected chi connectivity index (χ0v) is 18.3. The third kappa shape index (κ3) is 8.05. The second-order valence-electron chi connectivity index (χ2n) is 9.19. The van der Waals surface area contributed by atoms with Crippen LogP contribution in [0.15, 0.2) is 24.3 Å². The number of hydrogen-bond donors (Lipinski definition) is 2. The van der Waals surface area contributed by atoms with Gasteiger partial charge < -0.3 is 25.0 Å². The number of aryl methyl sites for hydroxylation is 1. The van der Waals surface area contributed by atoms with E-state index in [1.54, 1.807) is 0 Å². The van der Waals surface area contributed by atoms with Gasteiger partial charge in [-0.25, -0.2) is 4.79 Å². The fraction of sp³-hybridized carbons (Fsp3) is 0.652. The van der Waals surface area contributed by atoms with Gasteiger partial charge in [0.05, 0.1) is 20.6 Å². The van der Waals surface area contributed by atoms with Crippen LogP contribution in [-0.2, 0) is 11.2 Å². The Bertz CT molecular complexity index is 672. The molecule has 29 heavy (non-hydrogen) atoms. The van der Waals surface area contributed by atoms with Crippen molar-refractivity contribution in [2.75, 3.05) is 32.5 Å². The summed E-state index contributed by atoms with van der Waals surface area (Å²) in [6.07, 6.45) is 9.18. The molecule has 1 unspecified atom stereocenters. The minimum Gasteiger partial charge on any atom is -0.550 e. The Labute approximate surface area is 175 Å². The molecule has 0 bridgehead atoms. The van der Waals surface area contributed by atoms with Crippen LogP contribution in [0.5, 0.6) is 0 Å². The van der Waals surface area contributed by atoms with Crippen LogP contribution in [0, 0.1) is 0 Å². The number of carbonyl (C=O) groups is 2. The van der Waals surface area contributed by atoms with Crippen LogP contribution < -0.4 is 15.7 Å². The number of benzene rings is 1. The molecule has 0 aliphatic carbocycles. The number of unbranched alkanes of at least 4 members (excludes halogenated alkanes) is 5. The lowest BCUT2D eigenvalue weighted by Crippen LogP contribution is -2.56. The number of likely N-dealkylation sites (tertiary alicyclic amines) is 1. The molecule has 1 heterocycles. The summed E-state index contributed by atoms with van der Waals surface area (Å²) in [6.45, 7) is 3.62. The molecule has 2 rings (SSSR count). The Morgan fingerprint density at radius 1 is 1.07 bits per heavy atom. The van der Waals surface area contributed by atoms with E-state index in [0.717, 1.165) is 13.0 Å². The van der Waals surface area contributed by atoms with Gasteiger partial charge in [0, 0.05) is 24.5 Å². The minimum absolute atomic E-state index is 0.167. The maximum atomic E-state index is 12.5. The van der Waals surface area contributed by atoms with Crippen LogP contribution >= 0.6 is 0 Å². The molecule has 1 aliphatic rings. The highest BCUT2D eigenvalue weighted by Crippen LogP contribution is 2.28. The Morgan fingerprint density at radius 2 is 1.72 bits per heavy atom. The molecule has 0 saturated carbocycles. The van der Waals surface area contributed by atoms with Gasteiger partial charge in [-0.3, -0.25) is 0 Å². The van der Waals surface area contributed by atoms with Crippen LogP contribution in [0.3, 0.4) is 0 Å². The summed E-state index contributed by atoms with van der Waals surface area (Å²) in [6, 6.07) is 7.55. The summed E-state index contributed by atoms with van der Waals surface area (Å²) >= 11 is 0. The smallest absolute Gasteiger partial charge is 0.319 e. The lowest BCUT2D eigenvalue weighted by atomic mass is 9.94. The molecule has 6 nitrogen and oxygen atoms in total. The average Bonchev–Trinajstić information content (AvgIpc) is 2.92. The standard InChI is InChI=1S/C23H37N3O3/c1-4-5-6-7-8-9-10-19-11-13-20(14-12-19)24-22(29)25-23(17-21(27)28)15-16-26(2,3)18-23/h11-14H,4-10,15-18H2,1-3H3,(H2-,24,25,27,28,29). The monoisotopic (exact) mass is 403 g/mol. The van der Waals surface area contributed by atoms with E-state index in [0.29, 0.717) is 23.1 Å². The number of aliphatic carboxylic acids is 1. The molecule has 1 atom stereocenters. The Morgan fingerprint density at radius 3 is 2.31 bits per heavy atom. The van der Waals surface area contributed by atoms with Crippen molar-refractivity contribution >= 4 is 17.7 Å². The number of quaternary nitrogens is 1. The van der Waals surface area contributed by atoms with E-state index in [9.17, 15) is 14.7 Å². The van der Waals surface area contributed by atoms with Crippen LogP contribution in [0.2, 0.25) is 0 Å². The van der Waals surface area contributed by atoms with E-state index >= 15 is 0 Å². The van der Waals surface area contributed by atoms with E-state index in [1.807, 2.05) is 38.4 Å². The molecule has 1 fully saturated rings. The molecule has 0 aromatic heterocycles. The van der Waals surface area contributed by atoms with Crippen LogP contribution in [0.1, 0.15) is 63.9 Å². The normalized spacial score (nSPS) is 20.4. The van der Waals surface area contributed by atoms with E-state index in [1.165, 1.54) is 44.1 Å². The predicted molar refractivity (Wildman–Crippen MR) is 114 cm³/mol. The summed E-state index contributed by atoms with van der Waals surface area (Å²) in [5.74, 6) is -1.13. The van der Waals surface area contributed by atoms with Crippen molar-refractivity contribution in [3.05, 3.63) is 29.8 Å². The van der Waals surface area contributed by atoms with Gasteiger partial charge in [0.1, 0.15) is 12.1 Å². The van der Waals surface area contributed by atoms with Crippen molar-refractivity contribution in [2.45, 2.75) is 70.3 Å². The number of hydrogen-bond acceptors (Lipinski definition) is 3. The summed E-state index contributed by atoms with van der Waals surface area (Å²) in [5.41, 5.74) is 1.23. The number of nitrogens with zero attached hydrogens (tertiary/aromatic N) is 1. The Kier molecular flexibility index (Phi) is 8.50. The summed E-state index contributed by atoms with van der Waals surface area (Å²) < 4.78 is 0.681. The summed E-state index contributed by atoms with van der Waals surface area (Å²) in [7, 11) is 4.08. The fourth-order valence-electron chi connectivity index (χ4n) is 4.33. The van der Waals surface area contributed by atoms with Crippen molar-refractivity contribution in [2.24, 2.45) is 0 Å². The van der Waals surface area contributed by atoms with Crippen LogP contribution in [-0.4, -0.2) is 49.2 Å². The quantitative estimate of drug-likeness (QED) is 0.440. The molecule has 1 aromatic carbocycles. The SMILES string of the molecule is CCCCCCCCc1ccc(NC(=O)NC2(CC(=O)[O-])CC[N+](C)(C)C2)cc1. The number of rotatable bonds is 11. The first-order chi connectivity index (χ1) is 13.7. The minimum atomic E-state index is -1.13. The average molecular weight is 404 g/mol. The number of carbonyl (C=O) groups excluding carboxylic acids is 2. The molecular weight excluding hydrogens is 366 g/mol. The van der Waals surface area contributed by atoms with Crippen LogP contribution in [0.25, 0.3) is 0 Å². The largest absolute Gasteiger partial charge is 0.550 e. The summed E-state index contributed by atoms with van der Waals surface area (Å²) in [4.78, 5) is 23.7. The molecule has 1 aromatic rings. The number of nitrogens with one attached hydrogen (secondary N) is 2. The van der Waals surface area contributed by atoms with Gasteiger partial charge in [-0.15, -0.1) is 0 Å².